The van der Waals surface area contributed by atoms with Crippen molar-refractivity contribution >= 4 is 12.0 Å². The third kappa shape index (κ3) is 4.56. The second-order valence-electron chi connectivity index (χ2n) is 1.14. The summed E-state index contributed by atoms with van der Waals surface area (Å²) < 4.78 is 3.96. The molecule has 0 spiro atoms. The van der Waals surface area contributed by atoms with Gasteiger partial charge in [-0.2, -0.15) is 0 Å². The molecule has 0 saturated carbocycles. The van der Waals surface area contributed by atoms with Crippen molar-refractivity contribution in [2.75, 3.05) is 6.61 Å². The van der Waals surface area contributed by atoms with E-state index in [2.05, 4.69) is 10.5 Å². The summed E-state index contributed by atoms with van der Waals surface area (Å²) >= 11 is 0. The van der Waals surface area contributed by atoms with Crippen molar-refractivity contribution in [1.29, 1.82) is 0 Å². The van der Waals surface area contributed by atoms with Crippen molar-refractivity contribution in [3.8, 4) is 0 Å². The van der Waals surface area contributed by atoms with Crippen molar-refractivity contribution in [2.24, 2.45) is 5.73 Å². The Morgan fingerprint density at radius 3 is 2.56 bits per heavy atom. The smallest absolute Gasteiger partial charge is 0.405 e. The van der Waals surface area contributed by atoms with Gasteiger partial charge in [0.15, 0.2) is 6.61 Å². The van der Waals surface area contributed by atoms with Crippen molar-refractivity contribution in [3.63, 3.8) is 0 Å². The van der Waals surface area contributed by atoms with E-state index in [1.807, 2.05) is 0 Å². The van der Waals surface area contributed by atoms with Crippen molar-refractivity contribution in [2.45, 2.75) is 0 Å². The maximum absolute atomic E-state index is 10.0. The van der Waals surface area contributed by atoms with E-state index >= 15 is 0 Å². The first-order valence-corrected chi connectivity index (χ1v) is 2.02. The van der Waals surface area contributed by atoms with Crippen LogP contribution in [0.25, 0.3) is 0 Å². The number of primary amides is 1. The molecule has 9 heavy (non-hydrogen) atoms. The molecule has 0 aliphatic heterocycles. The molecule has 0 aromatic heterocycles. The predicted molar refractivity (Wildman–Crippen MR) is 25.5 cm³/mol. The average Bonchev–Trinajstić information content (AvgIpc) is 1.83. The average molecular weight is 134 g/mol. The minimum atomic E-state index is -1.06. The van der Waals surface area contributed by atoms with Crippen molar-refractivity contribution in [1.82, 2.24) is 5.48 Å². The van der Waals surface area contributed by atoms with Gasteiger partial charge in [-0.15, -0.1) is 0 Å². The second kappa shape index (κ2) is 3.67. The standard InChI is InChI=1S/C3H6N2O4/c4-3(7)9-1-2(6)5-8/h8H,1H2,(H2,4,7)(H,5,6). The SMILES string of the molecule is NC(=O)OCC(=O)NO. The summed E-state index contributed by atoms with van der Waals surface area (Å²) in [6.07, 6.45) is -1.06. The number of hydroxylamine groups is 1. The Morgan fingerprint density at radius 1 is 1.67 bits per heavy atom. The van der Waals surface area contributed by atoms with Crippen LogP contribution in [0.5, 0.6) is 0 Å². The van der Waals surface area contributed by atoms with Gasteiger partial charge in [0.2, 0.25) is 0 Å². The van der Waals surface area contributed by atoms with Crippen molar-refractivity contribution < 1.29 is 19.5 Å². The number of carbonyl (C=O) groups is 2. The lowest BCUT2D eigenvalue weighted by Crippen LogP contribution is -2.27. The zero-order valence-electron chi connectivity index (χ0n) is 4.46. The Balaban J connectivity index is 3.28. The Morgan fingerprint density at radius 2 is 2.22 bits per heavy atom. The third-order valence-electron chi connectivity index (χ3n) is 0.470. The summed E-state index contributed by atoms with van der Waals surface area (Å²) in [5.41, 5.74) is 5.72. The Bertz CT molecular complexity index is 123. The number of hydrogen-bond acceptors (Lipinski definition) is 4. The lowest BCUT2D eigenvalue weighted by atomic mass is 10.7. The first-order valence-electron chi connectivity index (χ1n) is 2.02. The zero-order valence-corrected chi connectivity index (χ0v) is 4.46. The lowest BCUT2D eigenvalue weighted by molar-refractivity contribution is -0.132. The fourth-order valence-corrected chi connectivity index (χ4v) is 0.169. The van der Waals surface area contributed by atoms with Gasteiger partial charge < -0.3 is 10.5 Å². The van der Waals surface area contributed by atoms with Crippen LogP contribution in [-0.2, 0) is 9.53 Å². The van der Waals surface area contributed by atoms with Gasteiger partial charge in [0.25, 0.3) is 5.91 Å². The van der Waals surface area contributed by atoms with Crippen LogP contribution in [0.3, 0.4) is 0 Å². The van der Waals surface area contributed by atoms with Crippen LogP contribution in [0.2, 0.25) is 0 Å². The van der Waals surface area contributed by atoms with Crippen LogP contribution < -0.4 is 11.2 Å². The minimum Gasteiger partial charge on any atom is -0.440 e. The van der Waals surface area contributed by atoms with Gasteiger partial charge in [-0.1, -0.05) is 0 Å². The fraction of sp³-hybridized carbons (Fsp3) is 0.333. The summed E-state index contributed by atoms with van der Waals surface area (Å²) in [5.74, 6) is -0.825. The van der Waals surface area contributed by atoms with Crippen LogP contribution in [0.15, 0.2) is 0 Å². The fourth-order valence-electron chi connectivity index (χ4n) is 0.169. The first kappa shape index (κ1) is 7.70. The predicted octanol–water partition coefficient (Wildman–Crippen LogP) is -1.41. The quantitative estimate of drug-likeness (QED) is 0.319. The van der Waals surface area contributed by atoms with Gasteiger partial charge in [-0.25, -0.2) is 10.3 Å². The molecule has 6 nitrogen and oxygen atoms in total. The summed E-state index contributed by atoms with van der Waals surface area (Å²) in [7, 11) is 0. The maximum atomic E-state index is 10.0. The van der Waals surface area contributed by atoms with Crippen LogP contribution in [0.4, 0.5) is 4.79 Å². The molecule has 0 radical (unpaired) electrons. The summed E-state index contributed by atoms with van der Waals surface area (Å²) in [6, 6.07) is 0. The Labute approximate surface area is 50.5 Å². The molecule has 0 fully saturated rings. The first-order chi connectivity index (χ1) is 4.16. The molecular weight excluding hydrogens is 128 g/mol. The largest absolute Gasteiger partial charge is 0.440 e. The number of nitrogens with one attached hydrogen (secondary N) is 1. The molecule has 0 saturated heterocycles. The maximum Gasteiger partial charge on any atom is 0.405 e. The molecule has 0 atom stereocenters. The number of hydrogen-bond donors (Lipinski definition) is 3. The van der Waals surface area contributed by atoms with Gasteiger partial charge in [-0.05, 0) is 0 Å². The molecule has 4 N–H and O–H groups in total. The third-order valence-corrected chi connectivity index (χ3v) is 0.470. The Hall–Kier alpha value is -1.30. The van der Waals surface area contributed by atoms with E-state index < -0.39 is 18.6 Å². The van der Waals surface area contributed by atoms with Crippen LogP contribution >= 0.6 is 0 Å². The van der Waals surface area contributed by atoms with Crippen molar-refractivity contribution in [3.05, 3.63) is 0 Å². The number of ether oxygens (including phenoxy) is 1. The lowest BCUT2D eigenvalue weighted by Gasteiger charge is -1.96. The van der Waals surface area contributed by atoms with E-state index in [-0.39, 0.29) is 0 Å². The van der Waals surface area contributed by atoms with E-state index in [0.717, 1.165) is 0 Å². The molecular formula is C3H6N2O4. The molecule has 0 aliphatic carbocycles. The highest BCUT2D eigenvalue weighted by atomic mass is 16.6. The molecule has 52 valence electrons. The Kier molecular flexibility index (Phi) is 3.14. The normalized spacial score (nSPS) is 8.11. The number of rotatable bonds is 2. The van der Waals surface area contributed by atoms with Gasteiger partial charge >= 0.3 is 6.09 Å². The van der Waals surface area contributed by atoms with E-state index in [1.54, 1.807) is 0 Å². The topological polar surface area (TPSA) is 102 Å². The van der Waals surface area contributed by atoms with Crippen LogP contribution in [0.1, 0.15) is 0 Å². The molecule has 6 heteroatoms. The molecule has 0 rings (SSSR count). The van der Waals surface area contributed by atoms with E-state index in [0.29, 0.717) is 0 Å². The zero-order chi connectivity index (χ0) is 7.28. The molecule has 0 unspecified atom stereocenters. The van der Waals surface area contributed by atoms with Gasteiger partial charge in [0, 0.05) is 0 Å². The summed E-state index contributed by atoms with van der Waals surface area (Å²) in [6.45, 7) is -0.564. The number of amides is 2. The summed E-state index contributed by atoms with van der Waals surface area (Å²) in [4.78, 5) is 19.8. The minimum absolute atomic E-state index is 0.564. The number of nitrogens with two attached hydrogens (primary N) is 1. The molecule has 0 heterocycles. The second-order valence-corrected chi connectivity index (χ2v) is 1.14. The van der Waals surface area contributed by atoms with Crippen LogP contribution in [0, 0.1) is 0 Å². The van der Waals surface area contributed by atoms with E-state index in [9.17, 15) is 9.59 Å². The molecule has 0 bridgehead atoms. The monoisotopic (exact) mass is 134 g/mol. The molecule has 0 aromatic carbocycles. The summed E-state index contributed by atoms with van der Waals surface area (Å²) in [5, 5.41) is 7.82. The highest BCUT2D eigenvalue weighted by Crippen LogP contribution is 1.71. The van der Waals surface area contributed by atoms with Gasteiger partial charge in [0.1, 0.15) is 0 Å². The van der Waals surface area contributed by atoms with Crippen LogP contribution in [-0.4, -0.2) is 23.8 Å². The van der Waals surface area contributed by atoms with E-state index in [1.165, 1.54) is 5.48 Å². The highest BCUT2D eigenvalue weighted by Gasteiger charge is 1.99. The van der Waals surface area contributed by atoms with Gasteiger partial charge in [0.05, 0.1) is 0 Å². The highest BCUT2D eigenvalue weighted by molar-refractivity contribution is 5.78. The van der Waals surface area contributed by atoms with E-state index in [4.69, 9.17) is 5.21 Å². The molecule has 2 amide bonds. The molecule has 0 aliphatic rings. The number of carbonyl (C=O) groups excluding carboxylic acids is 2. The van der Waals surface area contributed by atoms with Gasteiger partial charge in [-0.3, -0.25) is 10.0 Å². The molecule has 0 aromatic rings.